The van der Waals surface area contributed by atoms with E-state index in [4.69, 9.17) is 0 Å². The van der Waals surface area contributed by atoms with Crippen LogP contribution in [0.15, 0.2) is 64.9 Å². The largest absolute Gasteiger partial charge is 0.350 e. The Balaban J connectivity index is 1.31. The fourth-order valence-corrected chi connectivity index (χ4v) is 5.58. The number of nitrogens with one attached hydrogen (secondary N) is 2. The lowest BCUT2D eigenvalue weighted by Gasteiger charge is -2.32. The van der Waals surface area contributed by atoms with Crippen molar-refractivity contribution < 1.29 is 17.6 Å². The highest BCUT2D eigenvalue weighted by Crippen LogP contribution is 2.25. The van der Waals surface area contributed by atoms with Gasteiger partial charge in [-0.1, -0.05) is 0 Å². The van der Waals surface area contributed by atoms with Crippen molar-refractivity contribution >= 4 is 33.0 Å². The molecule has 0 saturated carbocycles. The number of amides is 1. The van der Waals surface area contributed by atoms with Crippen molar-refractivity contribution in [2.45, 2.75) is 30.8 Å². The molecule has 2 aromatic carbocycles. The summed E-state index contributed by atoms with van der Waals surface area (Å²) in [5.41, 5.74) is 2.14. The lowest BCUT2D eigenvalue weighted by molar-refractivity contribution is 0.0932. The molecule has 1 aliphatic rings. The summed E-state index contributed by atoms with van der Waals surface area (Å²) in [6.07, 6.45) is 1.04. The number of sulfonamides is 1. The van der Waals surface area contributed by atoms with E-state index in [-0.39, 0.29) is 16.8 Å². The van der Waals surface area contributed by atoms with Crippen LogP contribution in [0.4, 0.5) is 10.1 Å². The van der Waals surface area contributed by atoms with Crippen LogP contribution in [0, 0.1) is 5.82 Å². The van der Waals surface area contributed by atoms with E-state index < -0.39 is 15.8 Å². The van der Waals surface area contributed by atoms with Gasteiger partial charge in [-0.15, -0.1) is 11.3 Å². The van der Waals surface area contributed by atoms with Crippen LogP contribution in [-0.4, -0.2) is 38.4 Å². The Morgan fingerprint density at radius 1 is 1.12 bits per heavy atom. The second-order valence-corrected chi connectivity index (χ2v) is 10.5. The summed E-state index contributed by atoms with van der Waals surface area (Å²) < 4.78 is 40.3. The van der Waals surface area contributed by atoms with Gasteiger partial charge in [-0.3, -0.25) is 14.4 Å². The minimum atomic E-state index is -3.84. The molecule has 168 valence electrons. The maximum absolute atomic E-state index is 13.0. The van der Waals surface area contributed by atoms with E-state index in [9.17, 15) is 17.6 Å². The Labute approximate surface area is 191 Å². The third-order valence-electron chi connectivity index (χ3n) is 5.54. The molecule has 2 heterocycles. The molecule has 1 aliphatic heterocycles. The van der Waals surface area contributed by atoms with Crippen LogP contribution in [0.5, 0.6) is 0 Å². The number of benzene rings is 2. The summed E-state index contributed by atoms with van der Waals surface area (Å²) in [4.78, 5) is 16.3. The first-order valence-electron chi connectivity index (χ1n) is 10.3. The van der Waals surface area contributed by atoms with Gasteiger partial charge < -0.3 is 5.32 Å². The van der Waals surface area contributed by atoms with E-state index in [1.165, 1.54) is 34.7 Å². The van der Waals surface area contributed by atoms with Crippen molar-refractivity contribution in [3.8, 4) is 0 Å². The van der Waals surface area contributed by atoms with Gasteiger partial charge in [0.25, 0.3) is 15.9 Å². The van der Waals surface area contributed by atoms with E-state index >= 15 is 0 Å². The molecule has 32 heavy (non-hydrogen) atoms. The first-order chi connectivity index (χ1) is 15.3. The zero-order valence-electron chi connectivity index (χ0n) is 17.5. The smallest absolute Gasteiger partial charge is 0.261 e. The monoisotopic (exact) mass is 473 g/mol. The van der Waals surface area contributed by atoms with Gasteiger partial charge in [-0.2, -0.15) is 0 Å². The number of thiophene rings is 1. The van der Waals surface area contributed by atoms with E-state index in [2.05, 4.69) is 33.3 Å². The zero-order chi connectivity index (χ0) is 22.7. The van der Waals surface area contributed by atoms with Crippen molar-refractivity contribution in [2.75, 3.05) is 17.8 Å². The summed E-state index contributed by atoms with van der Waals surface area (Å²) in [5, 5.41) is 5.09. The molecule has 0 aliphatic carbocycles. The van der Waals surface area contributed by atoms with E-state index in [0.717, 1.165) is 31.6 Å². The lowest BCUT2D eigenvalue weighted by atomic mass is 10.1. The van der Waals surface area contributed by atoms with Crippen LogP contribution in [0.2, 0.25) is 0 Å². The molecule has 4 rings (SSSR count). The van der Waals surface area contributed by atoms with Gasteiger partial charge >= 0.3 is 0 Å². The Hall–Kier alpha value is -2.75. The van der Waals surface area contributed by atoms with Crippen LogP contribution < -0.4 is 10.0 Å². The lowest BCUT2D eigenvalue weighted by Crippen LogP contribution is -2.44. The summed E-state index contributed by atoms with van der Waals surface area (Å²) in [6.45, 7) is 4.51. The molecule has 0 saturated heterocycles. The topological polar surface area (TPSA) is 78.5 Å². The number of carbonyl (C=O) groups is 1. The van der Waals surface area contributed by atoms with Gasteiger partial charge in [0.1, 0.15) is 5.82 Å². The molecule has 1 aromatic heterocycles. The Morgan fingerprint density at radius 2 is 1.84 bits per heavy atom. The molecule has 1 amide bonds. The maximum atomic E-state index is 13.0. The van der Waals surface area contributed by atoms with Gasteiger partial charge in [0.15, 0.2) is 0 Å². The number of nitrogens with zero attached hydrogens (tertiary/aromatic N) is 1. The number of hydrogen-bond donors (Lipinski definition) is 2. The van der Waals surface area contributed by atoms with E-state index in [1.807, 2.05) is 0 Å². The number of hydrogen-bond acceptors (Lipinski definition) is 5. The highest BCUT2D eigenvalue weighted by Gasteiger charge is 2.22. The molecule has 9 heteroatoms. The second kappa shape index (κ2) is 9.40. The maximum Gasteiger partial charge on any atom is 0.261 e. The van der Waals surface area contributed by atoms with Gasteiger partial charge in [-0.25, -0.2) is 12.8 Å². The fraction of sp³-hybridized carbons (Fsp3) is 0.261. The summed E-state index contributed by atoms with van der Waals surface area (Å²) >= 11 is 1.80. The zero-order valence-corrected chi connectivity index (χ0v) is 19.2. The third-order valence-corrected chi connectivity index (χ3v) is 7.96. The van der Waals surface area contributed by atoms with Crippen molar-refractivity contribution in [1.82, 2.24) is 10.2 Å². The summed E-state index contributed by atoms with van der Waals surface area (Å²) in [5.74, 6) is -0.719. The molecule has 1 atom stereocenters. The normalized spacial score (nSPS) is 15.1. The standard InChI is InChI=1S/C23H24FN3O3S2/c1-16(27-12-10-22-18(15-27)11-13-31-22)14-25-23(28)17-2-6-20(7-3-17)26-32(29,30)21-8-4-19(24)5-9-21/h2-9,11,13,16,26H,10,12,14-15H2,1H3,(H,25,28). The predicted octanol–water partition coefficient (Wildman–Crippen LogP) is 3.86. The van der Waals surface area contributed by atoms with Gasteiger partial charge in [-0.05, 0) is 78.9 Å². The number of carbonyl (C=O) groups excluding carboxylic acids is 1. The van der Waals surface area contributed by atoms with Crippen molar-refractivity contribution in [3.63, 3.8) is 0 Å². The van der Waals surface area contributed by atoms with Crippen LogP contribution in [-0.2, 0) is 23.0 Å². The van der Waals surface area contributed by atoms with Crippen molar-refractivity contribution in [1.29, 1.82) is 0 Å². The molecule has 2 N–H and O–H groups in total. The molecule has 6 nitrogen and oxygen atoms in total. The number of halogens is 1. The van der Waals surface area contributed by atoms with E-state index in [0.29, 0.717) is 17.8 Å². The molecular weight excluding hydrogens is 449 g/mol. The fourth-order valence-electron chi connectivity index (χ4n) is 3.64. The van der Waals surface area contributed by atoms with Gasteiger partial charge in [0.05, 0.1) is 4.90 Å². The first kappa shape index (κ1) is 22.4. The minimum absolute atomic E-state index is 0.0398. The van der Waals surface area contributed by atoms with Crippen molar-refractivity contribution in [3.05, 3.63) is 81.8 Å². The number of anilines is 1. The highest BCUT2D eigenvalue weighted by molar-refractivity contribution is 7.92. The summed E-state index contributed by atoms with van der Waals surface area (Å²) in [7, 11) is -3.84. The van der Waals surface area contributed by atoms with Gasteiger partial charge in [0, 0.05) is 41.8 Å². The van der Waals surface area contributed by atoms with Crippen molar-refractivity contribution in [2.24, 2.45) is 0 Å². The predicted molar refractivity (Wildman–Crippen MR) is 124 cm³/mol. The van der Waals surface area contributed by atoms with E-state index in [1.54, 1.807) is 23.5 Å². The average Bonchev–Trinajstić information content (AvgIpc) is 3.25. The van der Waals surface area contributed by atoms with Crippen LogP contribution in [0.1, 0.15) is 27.7 Å². The minimum Gasteiger partial charge on any atom is -0.350 e. The second-order valence-electron chi connectivity index (χ2n) is 7.79. The molecular formula is C23H24FN3O3S2. The Bertz CT molecular complexity index is 1190. The number of fused-ring (bicyclic) bond motifs is 1. The van der Waals surface area contributed by atoms with Crippen LogP contribution >= 0.6 is 11.3 Å². The quantitative estimate of drug-likeness (QED) is 0.546. The molecule has 1 unspecified atom stereocenters. The molecule has 3 aromatic rings. The third kappa shape index (κ3) is 5.17. The average molecular weight is 474 g/mol. The highest BCUT2D eigenvalue weighted by atomic mass is 32.2. The molecule has 0 spiro atoms. The van der Waals surface area contributed by atoms with Crippen LogP contribution in [0.3, 0.4) is 0 Å². The number of rotatable bonds is 7. The van der Waals surface area contributed by atoms with Gasteiger partial charge in [0.2, 0.25) is 0 Å². The molecule has 0 radical (unpaired) electrons. The Kier molecular flexibility index (Phi) is 6.59. The summed E-state index contributed by atoms with van der Waals surface area (Å²) in [6, 6.07) is 13.1. The molecule has 0 fully saturated rings. The van der Waals surface area contributed by atoms with Crippen LogP contribution in [0.25, 0.3) is 0 Å². The SMILES string of the molecule is CC(CNC(=O)c1ccc(NS(=O)(=O)c2ccc(F)cc2)cc1)N1CCc2sccc2C1. The first-order valence-corrected chi connectivity index (χ1v) is 12.6. The molecule has 0 bridgehead atoms. The Morgan fingerprint density at radius 3 is 2.56 bits per heavy atom.